The first-order valence-electron chi connectivity index (χ1n) is 9.49. The molecule has 1 aliphatic heterocycles. The summed E-state index contributed by atoms with van der Waals surface area (Å²) in [6.07, 6.45) is 1.92. The maximum atomic E-state index is 5.86. The Labute approximate surface area is 163 Å². The van der Waals surface area contributed by atoms with Crippen molar-refractivity contribution in [3.05, 3.63) is 78.5 Å². The van der Waals surface area contributed by atoms with Crippen LogP contribution in [0.15, 0.2) is 72.9 Å². The fourth-order valence-corrected chi connectivity index (χ4v) is 3.62. The number of rotatable bonds is 5. The number of nitrogens with two attached hydrogens (primary N) is 1. The smallest absolute Gasteiger partial charge is 0.247 e. The number of pyridine rings is 1. The van der Waals surface area contributed by atoms with E-state index in [1.54, 1.807) is 0 Å². The Morgan fingerprint density at radius 1 is 0.964 bits per heavy atom. The Balaban J connectivity index is 1.40. The van der Waals surface area contributed by atoms with Gasteiger partial charge >= 0.3 is 0 Å². The Morgan fingerprint density at radius 3 is 2.50 bits per heavy atom. The molecule has 5 rings (SSSR count). The van der Waals surface area contributed by atoms with Crippen LogP contribution in [-0.4, -0.2) is 38.6 Å². The number of hydrogen-bond acceptors (Lipinski definition) is 5. The lowest BCUT2D eigenvalue weighted by Gasteiger charge is -2.36. The molecule has 3 heterocycles. The van der Waals surface area contributed by atoms with Crippen LogP contribution in [0.3, 0.4) is 0 Å². The Morgan fingerprint density at radius 2 is 1.75 bits per heavy atom. The molecule has 140 valence electrons. The number of anilines is 2. The third kappa shape index (κ3) is 3.35. The van der Waals surface area contributed by atoms with E-state index in [0.29, 0.717) is 12.0 Å². The average molecular weight is 370 g/mol. The van der Waals surface area contributed by atoms with E-state index in [-0.39, 0.29) is 0 Å². The summed E-state index contributed by atoms with van der Waals surface area (Å²) < 4.78 is 1.82. The molecule has 3 N–H and O–H groups in total. The number of benzene rings is 2. The quantitative estimate of drug-likeness (QED) is 0.564. The second-order valence-electron chi connectivity index (χ2n) is 7.27. The van der Waals surface area contributed by atoms with Gasteiger partial charge in [0.2, 0.25) is 5.95 Å². The molecule has 0 radical (unpaired) electrons. The summed E-state index contributed by atoms with van der Waals surface area (Å²) in [7, 11) is 0. The molecule has 6 heteroatoms. The fraction of sp³-hybridized carbons (Fsp3) is 0.182. The third-order valence-corrected chi connectivity index (χ3v) is 5.05. The molecule has 0 spiro atoms. The molecule has 2 aromatic heterocycles. The van der Waals surface area contributed by atoms with Crippen LogP contribution in [0.2, 0.25) is 0 Å². The zero-order valence-electron chi connectivity index (χ0n) is 15.5. The van der Waals surface area contributed by atoms with E-state index in [4.69, 9.17) is 10.7 Å². The molecule has 6 nitrogen and oxygen atoms in total. The molecule has 0 aliphatic carbocycles. The summed E-state index contributed by atoms with van der Waals surface area (Å²) in [5.74, 6) is 0.587. The zero-order valence-corrected chi connectivity index (χ0v) is 15.5. The predicted molar refractivity (Wildman–Crippen MR) is 111 cm³/mol. The molecule has 0 saturated carbocycles. The van der Waals surface area contributed by atoms with Crippen LogP contribution < -0.4 is 11.1 Å². The van der Waals surface area contributed by atoms with Crippen LogP contribution in [0.5, 0.6) is 0 Å². The third-order valence-electron chi connectivity index (χ3n) is 5.05. The van der Waals surface area contributed by atoms with Crippen molar-refractivity contribution < 1.29 is 0 Å². The molecule has 1 fully saturated rings. The van der Waals surface area contributed by atoms with Crippen LogP contribution >= 0.6 is 0 Å². The highest BCUT2D eigenvalue weighted by Crippen LogP contribution is 2.26. The minimum Gasteiger partial charge on any atom is -0.325 e. The van der Waals surface area contributed by atoms with Crippen molar-refractivity contribution in [3.63, 3.8) is 0 Å². The van der Waals surface area contributed by atoms with Gasteiger partial charge in [-0.3, -0.25) is 4.90 Å². The molecule has 0 atom stereocenters. The highest BCUT2D eigenvalue weighted by molar-refractivity contribution is 5.78. The van der Waals surface area contributed by atoms with Crippen molar-refractivity contribution in [2.45, 2.75) is 12.6 Å². The highest BCUT2D eigenvalue weighted by atomic mass is 15.3. The van der Waals surface area contributed by atoms with Crippen LogP contribution in [0.25, 0.3) is 16.8 Å². The topological polar surface area (TPSA) is 71.5 Å². The van der Waals surface area contributed by atoms with E-state index in [2.05, 4.69) is 45.6 Å². The van der Waals surface area contributed by atoms with Gasteiger partial charge in [-0.15, -0.1) is 5.10 Å². The minimum absolute atomic E-state index is 0.337. The molecule has 0 unspecified atom stereocenters. The molecular weight excluding hydrogens is 348 g/mol. The predicted octanol–water partition coefficient (Wildman–Crippen LogP) is 3.28. The summed E-state index contributed by atoms with van der Waals surface area (Å²) in [5, 5.41) is 7.81. The van der Waals surface area contributed by atoms with Gasteiger partial charge in [0.25, 0.3) is 0 Å². The molecule has 0 amide bonds. The number of fused-ring (bicyclic) bond motifs is 1. The molecular formula is C22H22N6. The standard InChI is InChI=1S/C22H22N6/c23-18-14-27(15-18)13-16-8-10-17(11-9-16)20-7-4-12-28-21(20)25-22(26-28)24-19-5-2-1-3-6-19/h1-12,18H,13-15,23H2,(H,24,26). The Kier molecular flexibility index (Phi) is 4.27. The number of aromatic nitrogens is 3. The zero-order chi connectivity index (χ0) is 18.9. The first kappa shape index (κ1) is 16.9. The van der Waals surface area contributed by atoms with Crippen molar-refractivity contribution in [3.8, 4) is 11.1 Å². The number of para-hydroxylation sites is 1. The lowest BCUT2D eigenvalue weighted by molar-refractivity contribution is 0.142. The maximum absolute atomic E-state index is 5.86. The highest BCUT2D eigenvalue weighted by Gasteiger charge is 2.22. The molecule has 0 bridgehead atoms. The average Bonchev–Trinajstić information content (AvgIpc) is 3.10. The van der Waals surface area contributed by atoms with Gasteiger partial charge in [0.1, 0.15) is 0 Å². The van der Waals surface area contributed by atoms with Gasteiger partial charge in [0.05, 0.1) is 0 Å². The van der Waals surface area contributed by atoms with E-state index in [1.807, 2.05) is 47.1 Å². The number of hydrogen-bond donors (Lipinski definition) is 2. The summed E-state index contributed by atoms with van der Waals surface area (Å²) >= 11 is 0. The van der Waals surface area contributed by atoms with Crippen molar-refractivity contribution in [1.29, 1.82) is 0 Å². The van der Waals surface area contributed by atoms with Gasteiger partial charge in [-0.05, 0) is 35.4 Å². The van der Waals surface area contributed by atoms with Crippen LogP contribution in [0.1, 0.15) is 5.56 Å². The van der Waals surface area contributed by atoms with Gasteiger partial charge in [-0.25, -0.2) is 4.52 Å². The van der Waals surface area contributed by atoms with Gasteiger partial charge < -0.3 is 11.1 Å². The Hall–Kier alpha value is -3.22. The second-order valence-corrected chi connectivity index (χ2v) is 7.27. The van der Waals surface area contributed by atoms with Crippen molar-refractivity contribution in [2.24, 2.45) is 5.73 Å². The second kappa shape index (κ2) is 7.07. The monoisotopic (exact) mass is 370 g/mol. The van der Waals surface area contributed by atoms with E-state index in [1.165, 1.54) is 5.56 Å². The SMILES string of the molecule is NC1CN(Cc2ccc(-c3cccn4nc(Nc5ccccc5)nc34)cc2)C1. The molecule has 2 aromatic carbocycles. The van der Waals surface area contributed by atoms with Crippen LogP contribution in [-0.2, 0) is 6.54 Å². The van der Waals surface area contributed by atoms with Gasteiger partial charge in [0.15, 0.2) is 5.65 Å². The maximum Gasteiger partial charge on any atom is 0.247 e. The number of nitrogens with zero attached hydrogens (tertiary/aromatic N) is 4. The Bertz CT molecular complexity index is 1080. The summed E-state index contributed by atoms with van der Waals surface area (Å²) in [4.78, 5) is 7.07. The van der Waals surface area contributed by atoms with E-state index in [0.717, 1.165) is 42.1 Å². The summed E-state index contributed by atoms with van der Waals surface area (Å²) in [6, 6.07) is 23.0. The number of nitrogens with one attached hydrogen (secondary N) is 1. The van der Waals surface area contributed by atoms with Crippen molar-refractivity contribution in [1.82, 2.24) is 19.5 Å². The fourth-order valence-electron chi connectivity index (χ4n) is 3.62. The van der Waals surface area contributed by atoms with Crippen LogP contribution in [0, 0.1) is 0 Å². The van der Waals surface area contributed by atoms with Crippen molar-refractivity contribution in [2.75, 3.05) is 18.4 Å². The number of likely N-dealkylation sites (tertiary alicyclic amines) is 1. The minimum atomic E-state index is 0.337. The summed E-state index contributed by atoms with van der Waals surface area (Å²) in [6.45, 7) is 2.92. The first-order chi connectivity index (χ1) is 13.7. The molecule has 28 heavy (non-hydrogen) atoms. The molecule has 1 saturated heterocycles. The van der Waals surface area contributed by atoms with E-state index >= 15 is 0 Å². The van der Waals surface area contributed by atoms with Crippen molar-refractivity contribution >= 4 is 17.3 Å². The van der Waals surface area contributed by atoms with Gasteiger partial charge in [-0.2, -0.15) is 4.98 Å². The van der Waals surface area contributed by atoms with E-state index < -0.39 is 0 Å². The lowest BCUT2D eigenvalue weighted by Crippen LogP contribution is -2.54. The lowest BCUT2D eigenvalue weighted by atomic mass is 10.0. The molecule has 4 aromatic rings. The molecule has 1 aliphatic rings. The van der Waals surface area contributed by atoms with Gasteiger partial charge in [0, 0.05) is 43.1 Å². The van der Waals surface area contributed by atoms with E-state index in [9.17, 15) is 0 Å². The largest absolute Gasteiger partial charge is 0.325 e. The summed E-state index contributed by atoms with van der Waals surface area (Å²) in [5.41, 5.74) is 11.2. The normalized spacial score (nSPS) is 14.9. The van der Waals surface area contributed by atoms with Gasteiger partial charge in [-0.1, -0.05) is 42.5 Å². The van der Waals surface area contributed by atoms with Crippen LogP contribution in [0.4, 0.5) is 11.6 Å². The first-order valence-corrected chi connectivity index (χ1v) is 9.49.